The molecule has 1 aromatic rings. The lowest BCUT2D eigenvalue weighted by Crippen LogP contribution is -1.95. The van der Waals surface area contributed by atoms with Crippen LogP contribution in [0.1, 0.15) is 0 Å². The molecule has 60 valence electrons. The maximum Gasteiger partial charge on any atom is 0.332 e. The van der Waals surface area contributed by atoms with Crippen LogP contribution < -0.4 is 5.73 Å². The number of hydrogen-bond donors (Lipinski definition) is 1. The summed E-state index contributed by atoms with van der Waals surface area (Å²) in [6.45, 7) is 0. The molecule has 6 heteroatoms. The summed E-state index contributed by atoms with van der Waals surface area (Å²) in [6, 6.07) is 1.99. The summed E-state index contributed by atoms with van der Waals surface area (Å²) in [7, 11) is -4.65. The second kappa shape index (κ2) is 2.46. The fourth-order valence-corrected chi connectivity index (χ4v) is 1.06. The van der Waals surface area contributed by atoms with E-state index in [1.54, 1.807) is 0 Å². The summed E-state index contributed by atoms with van der Waals surface area (Å²) in [5.41, 5.74) is 5.11. The number of anilines is 1. The summed E-state index contributed by atoms with van der Waals surface area (Å²) in [6.07, 6.45) is 1.13. The van der Waals surface area contributed by atoms with Gasteiger partial charge in [0.2, 0.25) is 0 Å². The zero-order chi connectivity index (χ0) is 8.48. The molecule has 1 rings (SSSR count). The highest BCUT2D eigenvalue weighted by atomic mass is 32.3. The Hall–Kier alpha value is -1.17. The fourth-order valence-electron chi connectivity index (χ4n) is 0.580. The van der Waals surface area contributed by atoms with Crippen molar-refractivity contribution in [2.75, 3.05) is 5.73 Å². The van der Waals surface area contributed by atoms with Crippen LogP contribution in [0.5, 0.6) is 0 Å². The van der Waals surface area contributed by atoms with E-state index in [2.05, 4.69) is 4.98 Å². The molecule has 0 aliphatic heterocycles. The van der Waals surface area contributed by atoms with Gasteiger partial charge in [-0.25, -0.2) is 4.98 Å². The summed E-state index contributed by atoms with van der Waals surface area (Å²) < 4.78 is 32.7. The van der Waals surface area contributed by atoms with Gasteiger partial charge in [-0.1, -0.05) is 0 Å². The summed E-state index contributed by atoms with van der Waals surface area (Å²) in [5.74, 6) is -0.0243. The summed E-state index contributed by atoms with van der Waals surface area (Å²) in [4.78, 5) is 3.03. The highest BCUT2D eigenvalue weighted by Crippen LogP contribution is 2.12. The molecule has 0 saturated heterocycles. The average Bonchev–Trinajstić information content (AvgIpc) is 1.86. The Labute approximate surface area is 63.1 Å². The van der Waals surface area contributed by atoms with Gasteiger partial charge in [0.15, 0.2) is 0 Å². The maximum absolute atomic E-state index is 12.2. The normalized spacial score (nSPS) is 11.4. The van der Waals surface area contributed by atoms with Crippen LogP contribution in [0.15, 0.2) is 23.2 Å². The van der Waals surface area contributed by atoms with Crippen LogP contribution in [0.3, 0.4) is 0 Å². The van der Waals surface area contributed by atoms with Crippen LogP contribution >= 0.6 is 0 Å². The van der Waals surface area contributed by atoms with Crippen molar-refractivity contribution >= 4 is 16.0 Å². The molecule has 11 heavy (non-hydrogen) atoms. The van der Waals surface area contributed by atoms with Gasteiger partial charge in [-0.05, 0) is 6.07 Å². The van der Waals surface area contributed by atoms with Gasteiger partial charge < -0.3 is 5.73 Å². The molecule has 0 unspecified atom stereocenters. The Morgan fingerprint density at radius 3 is 2.55 bits per heavy atom. The largest absolute Gasteiger partial charge is 0.384 e. The van der Waals surface area contributed by atoms with Crippen molar-refractivity contribution in [2.45, 2.75) is 4.90 Å². The summed E-state index contributed by atoms with van der Waals surface area (Å²) in [5, 5.41) is 0. The van der Waals surface area contributed by atoms with E-state index >= 15 is 0 Å². The Balaban J connectivity index is 3.28. The molecule has 0 aliphatic carbocycles. The minimum Gasteiger partial charge on any atom is -0.384 e. The smallest absolute Gasteiger partial charge is 0.332 e. The van der Waals surface area contributed by atoms with Crippen molar-refractivity contribution in [3.05, 3.63) is 18.3 Å². The second-order valence-electron chi connectivity index (χ2n) is 1.85. The Kier molecular flexibility index (Phi) is 1.77. The topological polar surface area (TPSA) is 73.1 Å². The van der Waals surface area contributed by atoms with Gasteiger partial charge in [0.25, 0.3) is 0 Å². The molecule has 0 aliphatic rings. The number of nitrogen functional groups attached to an aromatic ring is 1. The number of aromatic nitrogens is 1. The van der Waals surface area contributed by atoms with Crippen molar-refractivity contribution < 1.29 is 12.3 Å². The average molecular weight is 176 g/mol. The highest BCUT2D eigenvalue weighted by molar-refractivity contribution is 7.86. The minimum absolute atomic E-state index is 0.0243. The van der Waals surface area contributed by atoms with Gasteiger partial charge in [0, 0.05) is 12.3 Å². The van der Waals surface area contributed by atoms with E-state index in [-0.39, 0.29) is 5.82 Å². The van der Waals surface area contributed by atoms with Crippen LogP contribution in [0.25, 0.3) is 0 Å². The first-order chi connectivity index (χ1) is 5.00. The van der Waals surface area contributed by atoms with E-state index in [9.17, 15) is 12.3 Å². The van der Waals surface area contributed by atoms with Gasteiger partial charge in [-0.2, -0.15) is 8.42 Å². The zero-order valence-electron chi connectivity index (χ0n) is 5.36. The first kappa shape index (κ1) is 7.93. The van der Waals surface area contributed by atoms with Gasteiger partial charge in [-0.15, -0.1) is 3.89 Å². The van der Waals surface area contributed by atoms with Gasteiger partial charge >= 0.3 is 10.2 Å². The third kappa shape index (κ3) is 1.87. The first-order valence-corrected chi connectivity index (χ1v) is 4.05. The van der Waals surface area contributed by atoms with E-state index in [1.807, 2.05) is 0 Å². The lowest BCUT2D eigenvalue weighted by atomic mass is 10.5. The van der Waals surface area contributed by atoms with E-state index in [0.29, 0.717) is 0 Å². The van der Waals surface area contributed by atoms with Crippen LogP contribution in [0.2, 0.25) is 0 Å². The third-order valence-electron chi connectivity index (χ3n) is 1.03. The molecular weight excluding hydrogens is 171 g/mol. The number of halogens is 1. The molecule has 0 radical (unpaired) electrons. The number of nitrogens with two attached hydrogens (primary N) is 1. The van der Waals surface area contributed by atoms with Crippen molar-refractivity contribution in [2.24, 2.45) is 0 Å². The highest BCUT2D eigenvalue weighted by Gasteiger charge is 2.10. The van der Waals surface area contributed by atoms with Gasteiger partial charge in [0.1, 0.15) is 10.7 Å². The van der Waals surface area contributed by atoms with E-state index in [1.165, 1.54) is 0 Å². The maximum atomic E-state index is 12.2. The van der Waals surface area contributed by atoms with E-state index in [0.717, 1.165) is 18.3 Å². The quantitative estimate of drug-likeness (QED) is 0.625. The first-order valence-electron chi connectivity index (χ1n) is 2.66. The Bertz CT molecular complexity index is 363. The number of pyridine rings is 1. The lowest BCUT2D eigenvalue weighted by Gasteiger charge is -1.93. The second-order valence-corrected chi connectivity index (χ2v) is 3.20. The molecule has 4 nitrogen and oxygen atoms in total. The van der Waals surface area contributed by atoms with Crippen molar-refractivity contribution in [1.82, 2.24) is 4.98 Å². The molecule has 2 N–H and O–H groups in total. The molecule has 1 aromatic heterocycles. The van der Waals surface area contributed by atoms with Crippen molar-refractivity contribution in [3.63, 3.8) is 0 Å². The monoisotopic (exact) mass is 176 g/mol. The molecule has 0 fully saturated rings. The molecule has 0 spiro atoms. The molecule has 0 aromatic carbocycles. The molecule has 0 bridgehead atoms. The number of hydrogen-bond acceptors (Lipinski definition) is 4. The van der Waals surface area contributed by atoms with E-state index in [4.69, 9.17) is 5.73 Å². The predicted octanol–water partition coefficient (Wildman–Crippen LogP) is 0.322. The van der Waals surface area contributed by atoms with Crippen molar-refractivity contribution in [1.29, 1.82) is 0 Å². The molecule has 0 amide bonds. The van der Waals surface area contributed by atoms with Crippen LogP contribution in [0.4, 0.5) is 9.70 Å². The Morgan fingerprint density at radius 1 is 1.55 bits per heavy atom. The summed E-state index contributed by atoms with van der Waals surface area (Å²) >= 11 is 0. The lowest BCUT2D eigenvalue weighted by molar-refractivity contribution is 0.552. The standard InChI is InChI=1S/C5H5FN2O2S/c6-11(9,10)4-1-2-8-5(7)3-4/h1-3H,(H2,7,8). The van der Waals surface area contributed by atoms with Crippen LogP contribution in [-0.2, 0) is 10.2 Å². The van der Waals surface area contributed by atoms with E-state index < -0.39 is 15.1 Å². The zero-order valence-corrected chi connectivity index (χ0v) is 6.18. The third-order valence-corrected chi connectivity index (χ3v) is 1.85. The Morgan fingerprint density at radius 2 is 2.18 bits per heavy atom. The SMILES string of the molecule is Nc1cc(S(=O)(=O)F)ccn1. The number of nitrogens with zero attached hydrogens (tertiary/aromatic N) is 1. The molecule has 0 atom stereocenters. The number of rotatable bonds is 1. The molecule has 1 heterocycles. The minimum atomic E-state index is -4.65. The molecular formula is C5H5FN2O2S. The van der Waals surface area contributed by atoms with Crippen LogP contribution in [0, 0.1) is 0 Å². The van der Waals surface area contributed by atoms with Gasteiger partial charge in [0.05, 0.1) is 0 Å². The predicted molar refractivity (Wildman–Crippen MR) is 36.9 cm³/mol. The fraction of sp³-hybridized carbons (Fsp3) is 0. The van der Waals surface area contributed by atoms with Gasteiger partial charge in [-0.3, -0.25) is 0 Å². The molecule has 0 saturated carbocycles. The van der Waals surface area contributed by atoms with Crippen molar-refractivity contribution in [3.8, 4) is 0 Å². The van der Waals surface area contributed by atoms with Crippen LogP contribution in [-0.4, -0.2) is 13.4 Å².